The highest BCUT2D eigenvalue weighted by atomic mass is 79.9. The molecule has 0 saturated carbocycles. The van der Waals surface area contributed by atoms with Crippen LogP contribution in [0.15, 0.2) is 40.9 Å². The summed E-state index contributed by atoms with van der Waals surface area (Å²) < 4.78 is 6.98. The van der Waals surface area contributed by atoms with Crippen LogP contribution in [0.2, 0.25) is 0 Å². The number of hydrogen-bond acceptors (Lipinski definition) is 2. The van der Waals surface area contributed by atoms with E-state index in [-0.39, 0.29) is 0 Å². The SMILES string of the molecule is Brc1cc2c(c(CC3Cc4ccccc4N3)c1)OCC2. The number of halogens is 1. The molecule has 0 amide bonds. The van der Waals surface area contributed by atoms with Crippen LogP contribution >= 0.6 is 15.9 Å². The summed E-state index contributed by atoms with van der Waals surface area (Å²) in [5.41, 5.74) is 5.36. The maximum atomic E-state index is 5.82. The second kappa shape index (κ2) is 4.81. The summed E-state index contributed by atoms with van der Waals surface area (Å²) in [6, 6.07) is 13.4. The van der Waals surface area contributed by atoms with Crippen LogP contribution in [0, 0.1) is 0 Å². The summed E-state index contributed by atoms with van der Waals surface area (Å²) in [5, 5.41) is 3.62. The van der Waals surface area contributed by atoms with Crippen molar-refractivity contribution < 1.29 is 4.74 Å². The Morgan fingerprint density at radius 1 is 1.20 bits per heavy atom. The maximum absolute atomic E-state index is 5.82. The standard InChI is InChI=1S/C17H16BrNO/c18-14-7-12-5-6-20-17(12)13(8-14)10-15-9-11-3-1-2-4-16(11)19-15/h1-4,7-8,15,19H,5-6,9-10H2. The Kier molecular flexibility index (Phi) is 2.95. The van der Waals surface area contributed by atoms with Gasteiger partial charge in [-0.05, 0) is 47.7 Å². The molecule has 0 fully saturated rings. The summed E-state index contributed by atoms with van der Waals surface area (Å²) in [4.78, 5) is 0. The number of nitrogens with one attached hydrogen (secondary N) is 1. The van der Waals surface area contributed by atoms with Gasteiger partial charge in [0.05, 0.1) is 6.61 Å². The van der Waals surface area contributed by atoms with E-state index >= 15 is 0 Å². The number of hydrogen-bond donors (Lipinski definition) is 1. The third-order valence-electron chi connectivity index (χ3n) is 4.13. The molecule has 2 aromatic rings. The van der Waals surface area contributed by atoms with E-state index in [4.69, 9.17) is 4.74 Å². The summed E-state index contributed by atoms with van der Waals surface area (Å²) >= 11 is 3.62. The Morgan fingerprint density at radius 2 is 2.10 bits per heavy atom. The van der Waals surface area contributed by atoms with E-state index in [0.29, 0.717) is 6.04 Å². The van der Waals surface area contributed by atoms with Gasteiger partial charge in [0, 0.05) is 22.6 Å². The molecule has 0 radical (unpaired) electrons. The number of ether oxygens (including phenoxy) is 1. The molecule has 2 nitrogen and oxygen atoms in total. The monoisotopic (exact) mass is 329 g/mol. The molecule has 3 heteroatoms. The summed E-state index contributed by atoms with van der Waals surface area (Å²) in [6.45, 7) is 0.817. The van der Waals surface area contributed by atoms with Gasteiger partial charge in [0.15, 0.2) is 0 Å². The van der Waals surface area contributed by atoms with Crippen molar-refractivity contribution in [1.82, 2.24) is 0 Å². The van der Waals surface area contributed by atoms with Gasteiger partial charge in [-0.2, -0.15) is 0 Å². The van der Waals surface area contributed by atoms with E-state index in [1.54, 1.807) is 0 Å². The average molecular weight is 330 g/mol. The van der Waals surface area contributed by atoms with Crippen molar-refractivity contribution >= 4 is 21.6 Å². The molecule has 2 heterocycles. The molecule has 20 heavy (non-hydrogen) atoms. The van der Waals surface area contributed by atoms with Crippen molar-refractivity contribution in [1.29, 1.82) is 0 Å². The minimum absolute atomic E-state index is 0.468. The molecule has 0 spiro atoms. The highest BCUT2D eigenvalue weighted by molar-refractivity contribution is 9.10. The van der Waals surface area contributed by atoms with Crippen LogP contribution in [0.5, 0.6) is 5.75 Å². The van der Waals surface area contributed by atoms with E-state index in [1.165, 1.54) is 22.4 Å². The van der Waals surface area contributed by atoms with Gasteiger partial charge in [-0.1, -0.05) is 34.1 Å². The highest BCUT2D eigenvalue weighted by Crippen LogP contribution is 2.35. The lowest BCUT2D eigenvalue weighted by molar-refractivity contribution is 0.353. The van der Waals surface area contributed by atoms with Crippen LogP contribution in [-0.2, 0) is 19.3 Å². The van der Waals surface area contributed by atoms with Crippen molar-refractivity contribution in [2.24, 2.45) is 0 Å². The van der Waals surface area contributed by atoms with Crippen LogP contribution in [0.25, 0.3) is 0 Å². The molecule has 1 N–H and O–H groups in total. The molecule has 2 aliphatic rings. The molecule has 0 bridgehead atoms. The first-order valence-corrected chi connectivity index (χ1v) is 7.87. The lowest BCUT2D eigenvalue weighted by Gasteiger charge is -2.14. The molecule has 2 aliphatic heterocycles. The zero-order chi connectivity index (χ0) is 13.5. The van der Waals surface area contributed by atoms with Gasteiger partial charge in [0.1, 0.15) is 5.75 Å². The first kappa shape index (κ1) is 12.3. The quantitative estimate of drug-likeness (QED) is 0.900. The molecule has 0 aliphatic carbocycles. The van der Waals surface area contributed by atoms with Crippen molar-refractivity contribution in [2.75, 3.05) is 11.9 Å². The Labute approximate surface area is 127 Å². The first-order valence-electron chi connectivity index (χ1n) is 7.08. The fourth-order valence-electron chi connectivity index (χ4n) is 3.26. The lowest BCUT2D eigenvalue weighted by Crippen LogP contribution is -2.18. The third kappa shape index (κ3) is 2.10. The molecule has 102 valence electrons. The second-order valence-corrected chi connectivity index (χ2v) is 6.47. The number of anilines is 1. The maximum Gasteiger partial charge on any atom is 0.125 e. The van der Waals surface area contributed by atoms with E-state index in [1.807, 2.05) is 0 Å². The van der Waals surface area contributed by atoms with Crippen LogP contribution in [-0.4, -0.2) is 12.6 Å². The summed E-state index contributed by atoms with van der Waals surface area (Å²) in [7, 11) is 0. The summed E-state index contributed by atoms with van der Waals surface area (Å²) in [6.07, 6.45) is 3.13. The van der Waals surface area contributed by atoms with E-state index in [9.17, 15) is 0 Å². The molecular weight excluding hydrogens is 314 g/mol. The van der Waals surface area contributed by atoms with Gasteiger partial charge in [0.25, 0.3) is 0 Å². The Hall–Kier alpha value is -1.48. The summed E-state index contributed by atoms with van der Waals surface area (Å²) in [5.74, 6) is 1.12. The fraction of sp³-hybridized carbons (Fsp3) is 0.294. The van der Waals surface area contributed by atoms with Crippen LogP contribution < -0.4 is 10.1 Å². The molecule has 0 saturated heterocycles. The largest absolute Gasteiger partial charge is 0.493 e. The van der Waals surface area contributed by atoms with Gasteiger partial charge < -0.3 is 10.1 Å². The van der Waals surface area contributed by atoms with E-state index in [2.05, 4.69) is 57.6 Å². The topological polar surface area (TPSA) is 21.3 Å². The molecule has 0 aromatic heterocycles. The molecular formula is C17H16BrNO. The average Bonchev–Trinajstić information content (AvgIpc) is 3.03. The fourth-order valence-corrected chi connectivity index (χ4v) is 3.81. The van der Waals surface area contributed by atoms with Crippen LogP contribution in [0.3, 0.4) is 0 Å². The van der Waals surface area contributed by atoms with E-state index in [0.717, 1.165) is 36.1 Å². The van der Waals surface area contributed by atoms with Crippen molar-refractivity contribution in [3.63, 3.8) is 0 Å². The van der Waals surface area contributed by atoms with Gasteiger partial charge in [-0.3, -0.25) is 0 Å². The lowest BCUT2D eigenvalue weighted by atomic mass is 9.99. The Bertz CT molecular complexity index is 643. The number of benzene rings is 2. The highest BCUT2D eigenvalue weighted by Gasteiger charge is 2.24. The molecule has 1 atom stereocenters. The smallest absolute Gasteiger partial charge is 0.125 e. The third-order valence-corrected chi connectivity index (χ3v) is 4.59. The number of fused-ring (bicyclic) bond motifs is 2. The predicted octanol–water partition coefficient (Wildman–Crippen LogP) is 3.96. The van der Waals surface area contributed by atoms with Crippen LogP contribution in [0.4, 0.5) is 5.69 Å². The second-order valence-electron chi connectivity index (χ2n) is 5.56. The van der Waals surface area contributed by atoms with Crippen molar-refractivity contribution in [3.05, 3.63) is 57.6 Å². The molecule has 4 rings (SSSR count). The minimum atomic E-state index is 0.468. The molecule has 1 unspecified atom stereocenters. The van der Waals surface area contributed by atoms with Crippen LogP contribution in [0.1, 0.15) is 16.7 Å². The number of rotatable bonds is 2. The van der Waals surface area contributed by atoms with Gasteiger partial charge in [0.2, 0.25) is 0 Å². The van der Waals surface area contributed by atoms with Gasteiger partial charge >= 0.3 is 0 Å². The first-order chi connectivity index (χ1) is 9.79. The molecule has 2 aromatic carbocycles. The van der Waals surface area contributed by atoms with E-state index < -0.39 is 0 Å². The number of para-hydroxylation sites is 1. The van der Waals surface area contributed by atoms with Gasteiger partial charge in [-0.15, -0.1) is 0 Å². The zero-order valence-corrected chi connectivity index (χ0v) is 12.7. The normalized spacial score (nSPS) is 19.1. The van der Waals surface area contributed by atoms with Crippen molar-refractivity contribution in [2.45, 2.75) is 25.3 Å². The minimum Gasteiger partial charge on any atom is -0.493 e. The Balaban J connectivity index is 1.60. The predicted molar refractivity (Wildman–Crippen MR) is 84.6 cm³/mol. The van der Waals surface area contributed by atoms with Gasteiger partial charge in [-0.25, -0.2) is 0 Å². The Morgan fingerprint density at radius 3 is 3.00 bits per heavy atom. The van der Waals surface area contributed by atoms with Crippen molar-refractivity contribution in [3.8, 4) is 5.75 Å². The zero-order valence-electron chi connectivity index (χ0n) is 11.2.